The fourth-order valence-electron chi connectivity index (χ4n) is 2.39. The maximum atomic E-state index is 5.81. The summed E-state index contributed by atoms with van der Waals surface area (Å²) in [7, 11) is 0. The lowest BCUT2D eigenvalue weighted by Gasteiger charge is -1.96. The van der Waals surface area contributed by atoms with E-state index >= 15 is 0 Å². The summed E-state index contributed by atoms with van der Waals surface area (Å²) in [5.41, 5.74) is 2.85. The minimum atomic E-state index is 0.369. The van der Waals surface area contributed by atoms with Gasteiger partial charge in [0.25, 0.3) is 0 Å². The lowest BCUT2D eigenvalue weighted by atomic mass is 10.2. The van der Waals surface area contributed by atoms with Gasteiger partial charge in [0.2, 0.25) is 5.95 Å². The fraction of sp³-hybridized carbons (Fsp3) is 0.0556. The number of nitrogens with zero attached hydrogens (tertiary/aromatic N) is 3. The lowest BCUT2D eigenvalue weighted by molar-refractivity contribution is 0.522. The Morgan fingerprint density at radius 3 is 2.67 bits per heavy atom. The van der Waals surface area contributed by atoms with Crippen LogP contribution in [0.2, 0.25) is 0 Å². The van der Waals surface area contributed by atoms with Crippen LogP contribution in [0.1, 0.15) is 5.76 Å². The number of hydrogen-bond donors (Lipinski definition) is 1. The van der Waals surface area contributed by atoms with Crippen molar-refractivity contribution < 1.29 is 4.42 Å². The molecule has 0 aliphatic carbocycles. The second-order valence-corrected chi connectivity index (χ2v) is 6.17. The molecule has 0 saturated heterocycles. The molecule has 0 unspecified atom stereocenters. The van der Waals surface area contributed by atoms with Crippen LogP contribution in [0.3, 0.4) is 0 Å². The lowest BCUT2D eigenvalue weighted by Crippen LogP contribution is -1.75. The smallest absolute Gasteiger partial charge is 0.247 e. The molecule has 0 aliphatic rings. The average molecular weight is 381 g/mol. The van der Waals surface area contributed by atoms with Crippen LogP contribution in [0.25, 0.3) is 22.4 Å². The van der Waals surface area contributed by atoms with E-state index in [9.17, 15) is 0 Å². The summed E-state index contributed by atoms with van der Waals surface area (Å²) in [6.07, 6.45) is 0. The van der Waals surface area contributed by atoms with Crippen molar-refractivity contribution in [3.8, 4) is 11.3 Å². The molecule has 4 rings (SSSR count). The quantitative estimate of drug-likeness (QED) is 0.449. The molecule has 24 heavy (non-hydrogen) atoms. The molecule has 118 valence electrons. The summed E-state index contributed by atoms with van der Waals surface area (Å²) in [4.78, 5) is 7.47. The topological polar surface area (TPSA) is 66.5 Å². The highest BCUT2D eigenvalue weighted by atomic mass is 79.9. The van der Waals surface area contributed by atoms with Crippen LogP contribution >= 0.6 is 15.9 Å². The second-order valence-electron chi connectivity index (χ2n) is 5.25. The van der Waals surface area contributed by atoms with Gasteiger partial charge in [-0.05, 0) is 36.4 Å². The minimum absolute atomic E-state index is 0.369. The number of aromatic amines is 1. The zero-order chi connectivity index (χ0) is 16.4. The molecular formula is C18H13BrN4O. The normalized spacial score (nSPS) is 11.5. The van der Waals surface area contributed by atoms with Crippen molar-refractivity contribution in [2.75, 3.05) is 0 Å². The Balaban J connectivity index is 1.47. The molecule has 0 radical (unpaired) electrons. The van der Waals surface area contributed by atoms with Gasteiger partial charge in [-0.3, -0.25) is 0 Å². The third-order valence-electron chi connectivity index (χ3n) is 3.56. The first-order chi connectivity index (χ1) is 11.8. The van der Waals surface area contributed by atoms with Crippen molar-refractivity contribution in [1.29, 1.82) is 0 Å². The number of rotatable bonds is 4. The van der Waals surface area contributed by atoms with Gasteiger partial charge < -0.3 is 9.40 Å². The van der Waals surface area contributed by atoms with Crippen molar-refractivity contribution >= 4 is 32.9 Å². The number of furan rings is 1. The van der Waals surface area contributed by atoms with Crippen molar-refractivity contribution in [3.63, 3.8) is 0 Å². The van der Waals surface area contributed by atoms with Gasteiger partial charge in [0.05, 0.1) is 11.0 Å². The molecule has 2 aromatic carbocycles. The standard InChI is InChI=1S/C18H13BrN4O/c19-13-7-5-12(6-8-13)17-10-9-14(24-17)11-20-23-18-21-15-3-1-2-4-16(15)22-18/h1-10H,11H2,(H,21,22). The van der Waals surface area contributed by atoms with Gasteiger partial charge >= 0.3 is 0 Å². The van der Waals surface area contributed by atoms with Crippen molar-refractivity contribution in [2.45, 2.75) is 6.54 Å². The molecule has 0 spiro atoms. The number of benzene rings is 2. The molecule has 0 atom stereocenters. The monoisotopic (exact) mass is 380 g/mol. The number of aromatic nitrogens is 2. The van der Waals surface area contributed by atoms with Crippen LogP contribution < -0.4 is 0 Å². The SMILES string of the molecule is Brc1ccc(-c2ccc(CN=Nc3nc4ccccc4[nH]3)o2)cc1. The summed E-state index contributed by atoms with van der Waals surface area (Å²) in [6.45, 7) is 0.369. The third-order valence-corrected chi connectivity index (χ3v) is 4.09. The molecule has 4 aromatic rings. The van der Waals surface area contributed by atoms with E-state index in [1.807, 2.05) is 60.7 Å². The Bertz CT molecular complexity index is 968. The van der Waals surface area contributed by atoms with Gasteiger partial charge in [-0.2, -0.15) is 5.11 Å². The largest absolute Gasteiger partial charge is 0.459 e. The van der Waals surface area contributed by atoms with E-state index in [4.69, 9.17) is 4.42 Å². The third kappa shape index (κ3) is 3.14. The molecule has 0 amide bonds. The molecule has 2 heterocycles. The van der Waals surface area contributed by atoms with Crippen molar-refractivity contribution in [3.05, 3.63) is 70.9 Å². The highest BCUT2D eigenvalue weighted by Crippen LogP contribution is 2.24. The minimum Gasteiger partial charge on any atom is -0.459 e. The van der Waals surface area contributed by atoms with Crippen LogP contribution in [-0.4, -0.2) is 9.97 Å². The molecule has 2 aromatic heterocycles. The number of para-hydroxylation sites is 2. The number of azo groups is 1. The molecule has 5 nitrogen and oxygen atoms in total. The van der Waals surface area contributed by atoms with Crippen LogP contribution in [-0.2, 0) is 6.54 Å². The van der Waals surface area contributed by atoms with E-state index in [-0.39, 0.29) is 0 Å². The van der Waals surface area contributed by atoms with Gasteiger partial charge in [-0.25, -0.2) is 4.98 Å². The maximum absolute atomic E-state index is 5.81. The first kappa shape index (κ1) is 14.8. The summed E-state index contributed by atoms with van der Waals surface area (Å²) < 4.78 is 6.85. The predicted molar refractivity (Wildman–Crippen MR) is 96.2 cm³/mol. The van der Waals surface area contributed by atoms with Crippen molar-refractivity contribution in [2.24, 2.45) is 10.2 Å². The number of imidazole rings is 1. The Kier molecular flexibility index (Phi) is 3.96. The highest BCUT2D eigenvalue weighted by molar-refractivity contribution is 9.10. The van der Waals surface area contributed by atoms with Gasteiger partial charge in [0.15, 0.2) is 0 Å². The van der Waals surface area contributed by atoms with Crippen LogP contribution in [0.5, 0.6) is 0 Å². The molecule has 0 saturated carbocycles. The zero-order valence-corrected chi connectivity index (χ0v) is 14.2. The zero-order valence-electron chi connectivity index (χ0n) is 12.6. The van der Waals surface area contributed by atoms with Gasteiger partial charge in [0.1, 0.15) is 18.1 Å². The van der Waals surface area contributed by atoms with Gasteiger partial charge in [0, 0.05) is 10.0 Å². The molecule has 0 bridgehead atoms. The maximum Gasteiger partial charge on any atom is 0.247 e. The van der Waals surface area contributed by atoms with E-state index < -0.39 is 0 Å². The molecule has 6 heteroatoms. The van der Waals surface area contributed by atoms with Crippen LogP contribution in [0, 0.1) is 0 Å². The summed E-state index contributed by atoms with van der Waals surface area (Å²) in [5, 5.41) is 8.28. The second kappa shape index (κ2) is 6.41. The number of halogens is 1. The summed E-state index contributed by atoms with van der Waals surface area (Å²) in [6, 6.07) is 19.6. The van der Waals surface area contributed by atoms with E-state index in [1.54, 1.807) is 0 Å². The van der Waals surface area contributed by atoms with Crippen molar-refractivity contribution in [1.82, 2.24) is 9.97 Å². The van der Waals surface area contributed by atoms with Gasteiger partial charge in [-0.1, -0.05) is 40.2 Å². The Labute approximate surface area is 146 Å². The first-order valence-corrected chi connectivity index (χ1v) is 8.24. The van der Waals surface area contributed by atoms with E-state index in [0.717, 1.165) is 32.6 Å². The molecule has 0 aliphatic heterocycles. The highest BCUT2D eigenvalue weighted by Gasteiger charge is 2.05. The number of nitrogens with one attached hydrogen (secondary N) is 1. The predicted octanol–water partition coefficient (Wildman–Crippen LogP) is 5.87. The molecule has 0 fully saturated rings. The number of fused-ring (bicyclic) bond motifs is 1. The van der Waals surface area contributed by atoms with E-state index in [2.05, 4.69) is 36.1 Å². The van der Waals surface area contributed by atoms with E-state index in [1.165, 1.54) is 0 Å². The summed E-state index contributed by atoms with van der Waals surface area (Å²) in [5.74, 6) is 2.07. The first-order valence-electron chi connectivity index (χ1n) is 7.45. The number of H-pyrrole nitrogens is 1. The Hall–Kier alpha value is -2.73. The number of hydrogen-bond acceptors (Lipinski definition) is 4. The summed E-state index contributed by atoms with van der Waals surface area (Å²) >= 11 is 3.43. The average Bonchev–Trinajstić information content (AvgIpc) is 3.22. The fourth-order valence-corrected chi connectivity index (χ4v) is 2.66. The Morgan fingerprint density at radius 1 is 1.00 bits per heavy atom. The Morgan fingerprint density at radius 2 is 1.83 bits per heavy atom. The van der Waals surface area contributed by atoms with Crippen LogP contribution in [0.4, 0.5) is 5.95 Å². The van der Waals surface area contributed by atoms with Crippen LogP contribution in [0.15, 0.2) is 79.8 Å². The van der Waals surface area contributed by atoms with E-state index in [0.29, 0.717) is 12.5 Å². The molecule has 1 N–H and O–H groups in total. The van der Waals surface area contributed by atoms with Gasteiger partial charge in [-0.15, -0.1) is 5.11 Å². The molecular weight excluding hydrogens is 368 g/mol.